The lowest BCUT2D eigenvalue weighted by molar-refractivity contribution is 0.0498. The van der Waals surface area contributed by atoms with Crippen molar-refractivity contribution in [1.29, 1.82) is 0 Å². The molecule has 0 bridgehead atoms. The maximum atomic E-state index is 9.93. The molecule has 108 valence electrons. The van der Waals surface area contributed by atoms with E-state index >= 15 is 0 Å². The molecule has 0 saturated carbocycles. The first-order valence-electron chi connectivity index (χ1n) is 7.34. The SMILES string of the molecule is CCc1oc2ccccc2c1CN1CC[C@@H](N)[C@H](O)C1. The third-order valence-corrected chi connectivity index (χ3v) is 4.20. The first-order chi connectivity index (χ1) is 9.69. The average molecular weight is 274 g/mol. The van der Waals surface area contributed by atoms with Crippen molar-refractivity contribution in [1.82, 2.24) is 4.90 Å². The third-order valence-electron chi connectivity index (χ3n) is 4.20. The van der Waals surface area contributed by atoms with E-state index in [0.717, 1.165) is 37.3 Å². The molecule has 3 rings (SSSR count). The standard InChI is InChI=1S/C16H22N2O2/c1-2-15-12(11-5-3-4-6-16(11)20-15)9-18-8-7-13(17)14(19)10-18/h3-6,13-14,19H,2,7-10,17H2,1H3/t13-,14-/m1/s1. The van der Waals surface area contributed by atoms with Crippen LogP contribution in [-0.2, 0) is 13.0 Å². The highest BCUT2D eigenvalue weighted by Crippen LogP contribution is 2.28. The van der Waals surface area contributed by atoms with Crippen LogP contribution in [0.3, 0.4) is 0 Å². The number of rotatable bonds is 3. The molecule has 2 atom stereocenters. The number of furan rings is 1. The second kappa shape index (κ2) is 5.56. The molecule has 4 nitrogen and oxygen atoms in total. The van der Waals surface area contributed by atoms with Gasteiger partial charge >= 0.3 is 0 Å². The summed E-state index contributed by atoms with van der Waals surface area (Å²) >= 11 is 0. The van der Waals surface area contributed by atoms with E-state index in [1.807, 2.05) is 18.2 Å². The molecule has 2 heterocycles. The number of hydrogen-bond acceptors (Lipinski definition) is 4. The highest BCUT2D eigenvalue weighted by atomic mass is 16.3. The monoisotopic (exact) mass is 274 g/mol. The van der Waals surface area contributed by atoms with Gasteiger partial charge in [0.25, 0.3) is 0 Å². The molecular formula is C16H22N2O2. The molecule has 1 aromatic carbocycles. The Morgan fingerprint density at radius 2 is 2.20 bits per heavy atom. The van der Waals surface area contributed by atoms with Crippen LogP contribution >= 0.6 is 0 Å². The summed E-state index contributed by atoms with van der Waals surface area (Å²) < 4.78 is 5.92. The molecule has 1 aliphatic heterocycles. The molecule has 1 fully saturated rings. The maximum Gasteiger partial charge on any atom is 0.134 e. The smallest absolute Gasteiger partial charge is 0.134 e. The van der Waals surface area contributed by atoms with Crippen LogP contribution in [0.5, 0.6) is 0 Å². The Kier molecular flexibility index (Phi) is 3.78. The van der Waals surface area contributed by atoms with Crippen molar-refractivity contribution in [3.8, 4) is 0 Å². The van der Waals surface area contributed by atoms with Crippen molar-refractivity contribution in [2.45, 2.75) is 38.5 Å². The Balaban J connectivity index is 1.86. The Hall–Kier alpha value is -1.36. The Labute approximate surface area is 119 Å². The number of para-hydroxylation sites is 1. The van der Waals surface area contributed by atoms with Crippen molar-refractivity contribution in [2.75, 3.05) is 13.1 Å². The van der Waals surface area contributed by atoms with E-state index in [2.05, 4.69) is 17.9 Å². The maximum absolute atomic E-state index is 9.93. The van der Waals surface area contributed by atoms with Crippen molar-refractivity contribution in [2.24, 2.45) is 5.73 Å². The zero-order valence-corrected chi connectivity index (χ0v) is 11.9. The van der Waals surface area contributed by atoms with Gasteiger partial charge < -0.3 is 15.3 Å². The number of fused-ring (bicyclic) bond motifs is 1. The predicted molar refractivity (Wildman–Crippen MR) is 79.5 cm³/mol. The molecule has 0 amide bonds. The zero-order chi connectivity index (χ0) is 14.1. The number of likely N-dealkylation sites (tertiary alicyclic amines) is 1. The fraction of sp³-hybridized carbons (Fsp3) is 0.500. The van der Waals surface area contributed by atoms with Gasteiger partial charge in [-0.15, -0.1) is 0 Å². The minimum atomic E-state index is -0.424. The predicted octanol–water partition coefficient (Wildman–Crippen LogP) is 1.89. The van der Waals surface area contributed by atoms with Crippen LogP contribution in [-0.4, -0.2) is 35.2 Å². The van der Waals surface area contributed by atoms with E-state index in [4.69, 9.17) is 10.2 Å². The Morgan fingerprint density at radius 3 is 2.95 bits per heavy atom. The van der Waals surface area contributed by atoms with Crippen molar-refractivity contribution in [3.05, 3.63) is 35.6 Å². The van der Waals surface area contributed by atoms with E-state index in [1.54, 1.807) is 0 Å². The lowest BCUT2D eigenvalue weighted by Crippen LogP contribution is -2.50. The Bertz CT molecular complexity index is 593. The first kappa shape index (κ1) is 13.6. The fourth-order valence-electron chi connectivity index (χ4n) is 2.99. The number of β-amino-alcohol motifs (C(OH)–C–C–N with tert-alkyl or cyclic N) is 1. The summed E-state index contributed by atoms with van der Waals surface area (Å²) in [4.78, 5) is 2.27. The Morgan fingerprint density at radius 1 is 1.40 bits per heavy atom. The molecule has 1 aliphatic rings. The summed E-state index contributed by atoms with van der Waals surface area (Å²) in [6.45, 7) is 4.51. The number of aryl methyl sites for hydroxylation is 1. The zero-order valence-electron chi connectivity index (χ0n) is 11.9. The highest BCUT2D eigenvalue weighted by Gasteiger charge is 2.26. The summed E-state index contributed by atoms with van der Waals surface area (Å²) in [7, 11) is 0. The number of aliphatic hydroxyl groups is 1. The molecule has 3 N–H and O–H groups in total. The molecule has 1 aromatic heterocycles. The molecule has 0 unspecified atom stereocenters. The van der Waals surface area contributed by atoms with Crippen molar-refractivity contribution < 1.29 is 9.52 Å². The van der Waals surface area contributed by atoms with E-state index in [-0.39, 0.29) is 6.04 Å². The van der Waals surface area contributed by atoms with Crippen LogP contribution in [0.15, 0.2) is 28.7 Å². The van der Waals surface area contributed by atoms with Gasteiger partial charge in [-0.2, -0.15) is 0 Å². The number of benzene rings is 1. The summed E-state index contributed by atoms with van der Waals surface area (Å²) in [5.74, 6) is 1.05. The van der Waals surface area contributed by atoms with Crippen LogP contribution in [0, 0.1) is 0 Å². The summed E-state index contributed by atoms with van der Waals surface area (Å²) in [5, 5.41) is 11.1. The van der Waals surface area contributed by atoms with E-state index in [9.17, 15) is 5.11 Å². The van der Waals surface area contributed by atoms with E-state index in [0.29, 0.717) is 6.54 Å². The molecular weight excluding hydrogens is 252 g/mol. The average Bonchev–Trinajstić information content (AvgIpc) is 2.81. The van der Waals surface area contributed by atoms with Gasteiger partial charge in [0, 0.05) is 43.0 Å². The molecule has 1 saturated heterocycles. The third kappa shape index (κ3) is 2.46. The number of nitrogens with zero attached hydrogens (tertiary/aromatic N) is 1. The molecule has 4 heteroatoms. The van der Waals surface area contributed by atoms with Crippen LogP contribution < -0.4 is 5.73 Å². The topological polar surface area (TPSA) is 62.6 Å². The lowest BCUT2D eigenvalue weighted by atomic mass is 10.0. The summed E-state index contributed by atoms with van der Waals surface area (Å²) in [5.41, 5.74) is 8.07. The van der Waals surface area contributed by atoms with Gasteiger partial charge in [-0.1, -0.05) is 25.1 Å². The van der Waals surface area contributed by atoms with Crippen molar-refractivity contribution in [3.63, 3.8) is 0 Å². The van der Waals surface area contributed by atoms with Crippen molar-refractivity contribution >= 4 is 11.0 Å². The first-order valence-corrected chi connectivity index (χ1v) is 7.34. The largest absolute Gasteiger partial charge is 0.461 e. The molecule has 20 heavy (non-hydrogen) atoms. The molecule has 0 spiro atoms. The van der Waals surface area contributed by atoms with Crippen LogP contribution in [0.2, 0.25) is 0 Å². The summed E-state index contributed by atoms with van der Waals surface area (Å²) in [6.07, 6.45) is 1.31. The number of aliphatic hydroxyl groups excluding tert-OH is 1. The van der Waals surface area contributed by atoms with Gasteiger partial charge in [0.1, 0.15) is 11.3 Å². The summed E-state index contributed by atoms with van der Waals surface area (Å²) in [6, 6.07) is 8.08. The molecule has 0 radical (unpaired) electrons. The van der Waals surface area contributed by atoms with E-state index < -0.39 is 6.10 Å². The number of piperidine rings is 1. The molecule has 2 aromatic rings. The minimum Gasteiger partial charge on any atom is -0.461 e. The quantitative estimate of drug-likeness (QED) is 0.897. The lowest BCUT2D eigenvalue weighted by Gasteiger charge is -2.34. The van der Waals surface area contributed by atoms with Gasteiger partial charge in [-0.3, -0.25) is 4.90 Å². The normalized spacial score (nSPS) is 24.4. The fourth-order valence-corrected chi connectivity index (χ4v) is 2.99. The highest BCUT2D eigenvalue weighted by molar-refractivity contribution is 5.82. The van der Waals surface area contributed by atoms with Gasteiger partial charge in [0.2, 0.25) is 0 Å². The van der Waals surface area contributed by atoms with Gasteiger partial charge in [-0.05, 0) is 12.5 Å². The van der Waals surface area contributed by atoms with Gasteiger partial charge in [0.15, 0.2) is 0 Å². The second-order valence-corrected chi connectivity index (χ2v) is 5.61. The van der Waals surface area contributed by atoms with Crippen LogP contribution in [0.25, 0.3) is 11.0 Å². The van der Waals surface area contributed by atoms with Gasteiger partial charge in [-0.25, -0.2) is 0 Å². The van der Waals surface area contributed by atoms with E-state index in [1.165, 1.54) is 10.9 Å². The van der Waals surface area contributed by atoms with Crippen LogP contribution in [0.4, 0.5) is 0 Å². The minimum absolute atomic E-state index is 0.0852. The molecule has 0 aliphatic carbocycles. The second-order valence-electron chi connectivity index (χ2n) is 5.61. The van der Waals surface area contributed by atoms with Crippen LogP contribution in [0.1, 0.15) is 24.7 Å². The number of nitrogens with two attached hydrogens (primary N) is 1. The number of hydrogen-bond donors (Lipinski definition) is 2. The van der Waals surface area contributed by atoms with Gasteiger partial charge in [0.05, 0.1) is 6.10 Å².